The smallest absolute Gasteiger partial charge is 0.410 e. The number of ether oxygens (including phenoxy) is 3. The van der Waals surface area contributed by atoms with Crippen LogP contribution in [0.4, 0.5) is 4.79 Å². The van der Waals surface area contributed by atoms with E-state index in [4.69, 9.17) is 14.2 Å². The van der Waals surface area contributed by atoms with Gasteiger partial charge in [0, 0.05) is 19.0 Å². The Hall–Kier alpha value is -1.59. The molecule has 1 aromatic carbocycles. The minimum absolute atomic E-state index is 0.0563. The van der Waals surface area contributed by atoms with Gasteiger partial charge in [-0.2, -0.15) is 0 Å². The highest BCUT2D eigenvalue weighted by molar-refractivity contribution is 5.68. The third kappa shape index (κ3) is 4.24. The zero-order chi connectivity index (χ0) is 16.3. The maximum absolute atomic E-state index is 12.3. The molecule has 0 bridgehead atoms. The summed E-state index contributed by atoms with van der Waals surface area (Å²) in [5.74, 6) is -0.543. The summed E-state index contributed by atoms with van der Waals surface area (Å²) in [7, 11) is 0. The van der Waals surface area contributed by atoms with Crippen molar-refractivity contribution in [1.82, 2.24) is 4.90 Å². The van der Waals surface area contributed by atoms with E-state index in [0.29, 0.717) is 13.2 Å². The molecule has 1 amide bonds. The van der Waals surface area contributed by atoms with Gasteiger partial charge in [0.1, 0.15) is 6.61 Å². The maximum atomic E-state index is 12.3. The minimum atomic E-state index is -0.543. The SMILES string of the molecule is CC1(C)OC[C@H]([CH][C@H]2CCCN2C(=O)OCc2ccccc2)O1. The zero-order valence-electron chi connectivity index (χ0n) is 13.7. The monoisotopic (exact) mass is 318 g/mol. The number of benzene rings is 1. The number of amides is 1. The molecule has 0 saturated carbocycles. The summed E-state index contributed by atoms with van der Waals surface area (Å²) in [6, 6.07) is 9.78. The molecule has 2 saturated heterocycles. The molecule has 2 aliphatic rings. The minimum Gasteiger partial charge on any atom is -0.445 e. The number of carbonyl (C=O) groups is 1. The van der Waals surface area contributed by atoms with Crippen molar-refractivity contribution >= 4 is 6.09 Å². The standard InChI is InChI=1S/C18H24NO4/c1-18(2)22-13-16(23-18)11-15-9-6-10-19(15)17(20)21-12-14-7-4-3-5-8-14/h3-5,7-8,11,15-16H,6,9-10,12-13H2,1-2H3/t15-,16+/m1/s1. The van der Waals surface area contributed by atoms with E-state index < -0.39 is 5.79 Å². The number of carbonyl (C=O) groups excluding carboxylic acids is 1. The topological polar surface area (TPSA) is 48.0 Å². The van der Waals surface area contributed by atoms with E-state index >= 15 is 0 Å². The van der Waals surface area contributed by atoms with Gasteiger partial charge in [0.2, 0.25) is 0 Å². The third-order valence-electron chi connectivity index (χ3n) is 4.21. The van der Waals surface area contributed by atoms with Crippen molar-refractivity contribution in [2.24, 2.45) is 0 Å². The van der Waals surface area contributed by atoms with Gasteiger partial charge in [-0.3, -0.25) is 0 Å². The van der Waals surface area contributed by atoms with Crippen LogP contribution < -0.4 is 0 Å². The Bertz CT molecular complexity index is 531. The van der Waals surface area contributed by atoms with Crippen molar-refractivity contribution < 1.29 is 19.0 Å². The molecular formula is C18H24NO4. The summed E-state index contributed by atoms with van der Waals surface area (Å²) in [5, 5.41) is 0. The van der Waals surface area contributed by atoms with Crippen LogP contribution in [0.15, 0.2) is 30.3 Å². The van der Waals surface area contributed by atoms with Gasteiger partial charge in [-0.05, 0) is 32.3 Å². The first-order chi connectivity index (χ1) is 11.0. The Kier molecular flexibility index (Phi) is 4.87. The lowest BCUT2D eigenvalue weighted by Gasteiger charge is -2.26. The van der Waals surface area contributed by atoms with Gasteiger partial charge in [-0.25, -0.2) is 4.79 Å². The summed E-state index contributed by atoms with van der Waals surface area (Å²) in [4.78, 5) is 14.1. The van der Waals surface area contributed by atoms with Crippen LogP contribution in [0.25, 0.3) is 0 Å². The summed E-state index contributed by atoms with van der Waals surface area (Å²) < 4.78 is 16.8. The Balaban J connectivity index is 1.51. The fraction of sp³-hybridized carbons (Fsp3) is 0.556. The molecule has 2 atom stereocenters. The molecule has 5 heteroatoms. The Morgan fingerprint density at radius 1 is 1.39 bits per heavy atom. The van der Waals surface area contributed by atoms with E-state index in [1.54, 1.807) is 4.90 Å². The van der Waals surface area contributed by atoms with Crippen LogP contribution in [0.1, 0.15) is 32.3 Å². The van der Waals surface area contributed by atoms with Crippen LogP contribution >= 0.6 is 0 Å². The predicted octanol–water partition coefficient (Wildman–Crippen LogP) is 3.14. The lowest BCUT2D eigenvalue weighted by Crippen LogP contribution is -2.39. The molecule has 0 spiro atoms. The van der Waals surface area contributed by atoms with Gasteiger partial charge in [0.05, 0.1) is 12.7 Å². The second kappa shape index (κ2) is 6.89. The van der Waals surface area contributed by atoms with Crippen LogP contribution in [-0.2, 0) is 20.8 Å². The van der Waals surface area contributed by atoms with E-state index in [1.807, 2.05) is 44.2 Å². The van der Waals surface area contributed by atoms with Crippen LogP contribution in [0.3, 0.4) is 0 Å². The fourth-order valence-corrected chi connectivity index (χ4v) is 3.08. The number of hydrogen-bond acceptors (Lipinski definition) is 4. The zero-order valence-corrected chi connectivity index (χ0v) is 13.7. The van der Waals surface area contributed by atoms with Gasteiger partial charge < -0.3 is 19.1 Å². The largest absolute Gasteiger partial charge is 0.445 e. The van der Waals surface area contributed by atoms with Gasteiger partial charge >= 0.3 is 6.09 Å². The van der Waals surface area contributed by atoms with Crippen LogP contribution in [0.2, 0.25) is 0 Å². The summed E-state index contributed by atoms with van der Waals surface area (Å²) >= 11 is 0. The number of likely N-dealkylation sites (tertiary alicyclic amines) is 1. The van der Waals surface area contributed by atoms with Gasteiger partial charge in [-0.1, -0.05) is 30.3 Å². The highest BCUT2D eigenvalue weighted by atomic mass is 16.7. The van der Waals surface area contributed by atoms with Gasteiger partial charge in [0.25, 0.3) is 0 Å². The Morgan fingerprint density at radius 3 is 2.87 bits per heavy atom. The van der Waals surface area contributed by atoms with Gasteiger partial charge in [-0.15, -0.1) is 0 Å². The van der Waals surface area contributed by atoms with E-state index in [0.717, 1.165) is 24.9 Å². The maximum Gasteiger partial charge on any atom is 0.410 e. The molecule has 0 aliphatic carbocycles. The first-order valence-corrected chi connectivity index (χ1v) is 8.17. The number of rotatable bonds is 4. The lowest BCUT2D eigenvalue weighted by molar-refractivity contribution is -0.135. The van der Waals surface area contributed by atoms with Crippen molar-refractivity contribution in [1.29, 1.82) is 0 Å². The summed E-state index contributed by atoms with van der Waals surface area (Å²) in [6.45, 7) is 5.38. The second-order valence-corrected chi connectivity index (χ2v) is 6.50. The Labute approximate surface area is 137 Å². The average Bonchev–Trinajstić information content (AvgIpc) is 3.12. The first kappa shape index (κ1) is 16.3. The number of hydrogen-bond donors (Lipinski definition) is 0. The molecule has 2 heterocycles. The lowest BCUT2D eigenvalue weighted by atomic mass is 10.1. The highest BCUT2D eigenvalue weighted by Crippen LogP contribution is 2.29. The molecule has 1 radical (unpaired) electrons. The van der Waals surface area contributed by atoms with Crippen LogP contribution in [0.5, 0.6) is 0 Å². The van der Waals surface area contributed by atoms with Crippen LogP contribution in [-0.4, -0.2) is 42.1 Å². The molecule has 0 N–H and O–H groups in total. The van der Waals surface area contributed by atoms with E-state index in [1.165, 1.54) is 0 Å². The van der Waals surface area contributed by atoms with E-state index in [2.05, 4.69) is 6.42 Å². The van der Waals surface area contributed by atoms with Crippen molar-refractivity contribution in [3.63, 3.8) is 0 Å². The third-order valence-corrected chi connectivity index (χ3v) is 4.21. The second-order valence-electron chi connectivity index (χ2n) is 6.50. The molecule has 23 heavy (non-hydrogen) atoms. The summed E-state index contributed by atoms with van der Waals surface area (Å²) in [5.41, 5.74) is 0.995. The molecule has 2 fully saturated rings. The van der Waals surface area contributed by atoms with E-state index in [9.17, 15) is 4.79 Å². The predicted molar refractivity (Wildman–Crippen MR) is 85.6 cm³/mol. The molecule has 3 rings (SSSR count). The van der Waals surface area contributed by atoms with Crippen molar-refractivity contribution in [3.05, 3.63) is 42.3 Å². The van der Waals surface area contributed by atoms with Crippen molar-refractivity contribution in [2.45, 2.75) is 51.2 Å². The van der Waals surface area contributed by atoms with Gasteiger partial charge in [0.15, 0.2) is 5.79 Å². The molecular weight excluding hydrogens is 294 g/mol. The molecule has 0 unspecified atom stereocenters. The quantitative estimate of drug-likeness (QED) is 0.856. The summed E-state index contributed by atoms with van der Waals surface area (Å²) in [6.07, 6.45) is 3.67. The average molecular weight is 318 g/mol. The Morgan fingerprint density at radius 2 is 2.17 bits per heavy atom. The molecule has 2 aliphatic heterocycles. The van der Waals surface area contributed by atoms with Crippen molar-refractivity contribution in [2.75, 3.05) is 13.2 Å². The molecule has 125 valence electrons. The molecule has 1 aromatic rings. The van der Waals surface area contributed by atoms with Crippen molar-refractivity contribution in [3.8, 4) is 0 Å². The first-order valence-electron chi connectivity index (χ1n) is 8.17. The number of nitrogens with zero attached hydrogens (tertiary/aromatic N) is 1. The highest BCUT2D eigenvalue weighted by Gasteiger charge is 2.38. The fourth-order valence-electron chi connectivity index (χ4n) is 3.08. The molecule has 0 aromatic heterocycles. The van der Waals surface area contributed by atoms with Crippen LogP contribution in [0, 0.1) is 6.42 Å². The van der Waals surface area contributed by atoms with E-state index in [-0.39, 0.29) is 18.2 Å². The normalized spacial score (nSPS) is 26.4. The molecule has 5 nitrogen and oxygen atoms in total.